The standard InChI is InChI=1S/C15H20F3NO/c16-15(17,18)11-14(12-5-2-1-3-6-12)19-9-8-13-7-4-10-20-13/h1-3,5-6,13-14,19H,4,7-11H2. The Morgan fingerprint density at radius 2 is 2.00 bits per heavy atom. The summed E-state index contributed by atoms with van der Waals surface area (Å²) in [7, 11) is 0. The minimum absolute atomic E-state index is 0.199. The van der Waals surface area contributed by atoms with E-state index in [9.17, 15) is 13.2 Å². The van der Waals surface area contributed by atoms with Crippen LogP contribution in [0, 0.1) is 0 Å². The number of ether oxygens (including phenoxy) is 1. The number of alkyl halides is 3. The molecule has 1 aromatic rings. The van der Waals surface area contributed by atoms with E-state index in [0.29, 0.717) is 12.1 Å². The van der Waals surface area contributed by atoms with E-state index in [4.69, 9.17) is 4.74 Å². The number of nitrogens with one attached hydrogen (secondary N) is 1. The predicted molar refractivity (Wildman–Crippen MR) is 71.4 cm³/mol. The molecule has 1 aliphatic rings. The molecule has 20 heavy (non-hydrogen) atoms. The van der Waals surface area contributed by atoms with Crippen molar-refractivity contribution in [2.24, 2.45) is 0 Å². The summed E-state index contributed by atoms with van der Waals surface area (Å²) < 4.78 is 43.4. The van der Waals surface area contributed by atoms with Gasteiger partial charge in [0.1, 0.15) is 0 Å². The Kier molecular flexibility index (Phi) is 5.43. The second-order valence-corrected chi connectivity index (χ2v) is 5.16. The molecule has 5 heteroatoms. The van der Waals surface area contributed by atoms with E-state index < -0.39 is 18.6 Å². The summed E-state index contributed by atoms with van der Waals surface area (Å²) in [6.07, 6.45) is -1.99. The van der Waals surface area contributed by atoms with Gasteiger partial charge in [-0.3, -0.25) is 0 Å². The molecule has 0 bridgehead atoms. The SMILES string of the molecule is FC(F)(F)CC(NCCC1CCCO1)c1ccccc1. The average molecular weight is 287 g/mol. The molecule has 1 N–H and O–H groups in total. The summed E-state index contributed by atoms with van der Waals surface area (Å²) in [5, 5.41) is 3.02. The Labute approximate surface area is 117 Å². The zero-order chi connectivity index (χ0) is 14.4. The highest BCUT2D eigenvalue weighted by Crippen LogP contribution is 2.29. The van der Waals surface area contributed by atoms with Gasteiger partial charge in [-0.1, -0.05) is 30.3 Å². The van der Waals surface area contributed by atoms with Gasteiger partial charge in [0.15, 0.2) is 0 Å². The summed E-state index contributed by atoms with van der Waals surface area (Å²) >= 11 is 0. The van der Waals surface area contributed by atoms with Crippen molar-refractivity contribution in [2.75, 3.05) is 13.2 Å². The van der Waals surface area contributed by atoms with Crippen molar-refractivity contribution in [2.45, 2.75) is 44.0 Å². The third-order valence-electron chi connectivity index (χ3n) is 3.52. The third kappa shape index (κ3) is 5.13. The first kappa shape index (κ1) is 15.3. The molecule has 0 radical (unpaired) electrons. The van der Waals surface area contributed by atoms with Crippen LogP contribution in [0.25, 0.3) is 0 Å². The number of halogens is 3. The van der Waals surface area contributed by atoms with Gasteiger partial charge in [0.25, 0.3) is 0 Å². The number of hydrogen-bond donors (Lipinski definition) is 1. The van der Waals surface area contributed by atoms with E-state index in [1.165, 1.54) is 0 Å². The molecule has 1 aromatic carbocycles. The van der Waals surface area contributed by atoms with E-state index in [1.54, 1.807) is 30.3 Å². The van der Waals surface area contributed by atoms with Gasteiger partial charge in [-0.25, -0.2) is 0 Å². The number of rotatable bonds is 6. The van der Waals surface area contributed by atoms with Crippen LogP contribution in [0.1, 0.15) is 37.3 Å². The van der Waals surface area contributed by atoms with Gasteiger partial charge in [-0.05, 0) is 31.4 Å². The minimum atomic E-state index is -4.17. The molecule has 0 amide bonds. The second-order valence-electron chi connectivity index (χ2n) is 5.16. The van der Waals surface area contributed by atoms with Crippen molar-refractivity contribution in [3.05, 3.63) is 35.9 Å². The van der Waals surface area contributed by atoms with E-state index in [1.807, 2.05) is 0 Å². The molecule has 2 atom stereocenters. The van der Waals surface area contributed by atoms with Crippen LogP contribution in [0.15, 0.2) is 30.3 Å². The summed E-state index contributed by atoms with van der Waals surface area (Å²) in [6.45, 7) is 1.32. The second kappa shape index (κ2) is 7.09. The maximum absolute atomic E-state index is 12.7. The predicted octanol–water partition coefficient (Wildman–Crippen LogP) is 3.84. The van der Waals surface area contributed by atoms with Crippen molar-refractivity contribution in [3.8, 4) is 0 Å². The molecule has 1 saturated heterocycles. The highest BCUT2D eigenvalue weighted by atomic mass is 19.4. The summed E-state index contributed by atoms with van der Waals surface area (Å²) in [5.74, 6) is 0. The van der Waals surface area contributed by atoms with E-state index in [-0.39, 0.29) is 6.10 Å². The van der Waals surface area contributed by atoms with Crippen LogP contribution in [0.5, 0.6) is 0 Å². The topological polar surface area (TPSA) is 21.3 Å². The highest BCUT2D eigenvalue weighted by Gasteiger charge is 2.32. The van der Waals surface area contributed by atoms with Gasteiger partial charge in [-0.15, -0.1) is 0 Å². The Morgan fingerprint density at radius 1 is 1.25 bits per heavy atom. The molecule has 1 aliphatic heterocycles. The van der Waals surface area contributed by atoms with Gasteiger partial charge in [0, 0.05) is 12.6 Å². The quantitative estimate of drug-likeness (QED) is 0.858. The minimum Gasteiger partial charge on any atom is -0.378 e. The molecule has 112 valence electrons. The van der Waals surface area contributed by atoms with Crippen molar-refractivity contribution in [3.63, 3.8) is 0 Å². The Morgan fingerprint density at radius 3 is 2.60 bits per heavy atom. The van der Waals surface area contributed by atoms with Crippen LogP contribution in [0.4, 0.5) is 13.2 Å². The van der Waals surface area contributed by atoms with Crippen LogP contribution in [0.2, 0.25) is 0 Å². The normalized spacial score (nSPS) is 21.1. The zero-order valence-electron chi connectivity index (χ0n) is 11.3. The van der Waals surface area contributed by atoms with Crippen molar-refractivity contribution < 1.29 is 17.9 Å². The molecule has 2 unspecified atom stereocenters. The van der Waals surface area contributed by atoms with Crippen molar-refractivity contribution in [1.29, 1.82) is 0 Å². The highest BCUT2D eigenvalue weighted by molar-refractivity contribution is 5.19. The lowest BCUT2D eigenvalue weighted by molar-refractivity contribution is -0.140. The molecular formula is C15H20F3NO. The first-order chi connectivity index (χ1) is 9.54. The number of benzene rings is 1. The van der Waals surface area contributed by atoms with Crippen LogP contribution in [0.3, 0.4) is 0 Å². The molecule has 1 heterocycles. The Bertz CT molecular complexity index is 388. The Balaban J connectivity index is 1.88. The van der Waals surface area contributed by atoms with Crippen molar-refractivity contribution >= 4 is 0 Å². The maximum atomic E-state index is 12.7. The maximum Gasteiger partial charge on any atom is 0.390 e. The summed E-state index contributed by atoms with van der Waals surface area (Å²) in [5.41, 5.74) is 0.678. The van der Waals surface area contributed by atoms with E-state index >= 15 is 0 Å². The average Bonchev–Trinajstić information content (AvgIpc) is 2.90. The smallest absolute Gasteiger partial charge is 0.378 e. The molecule has 0 spiro atoms. The fraction of sp³-hybridized carbons (Fsp3) is 0.600. The van der Waals surface area contributed by atoms with Gasteiger partial charge in [0.05, 0.1) is 12.5 Å². The largest absolute Gasteiger partial charge is 0.390 e. The Hall–Kier alpha value is -1.07. The molecule has 0 saturated carbocycles. The lowest BCUT2D eigenvalue weighted by atomic mass is 10.0. The monoisotopic (exact) mass is 287 g/mol. The molecule has 2 nitrogen and oxygen atoms in total. The fourth-order valence-corrected chi connectivity index (χ4v) is 2.52. The molecule has 0 aliphatic carbocycles. The summed E-state index contributed by atoms with van der Waals surface area (Å²) in [6, 6.07) is 8.12. The molecule has 0 aromatic heterocycles. The third-order valence-corrected chi connectivity index (χ3v) is 3.52. The van der Waals surface area contributed by atoms with E-state index in [2.05, 4.69) is 5.32 Å². The lowest BCUT2D eigenvalue weighted by Crippen LogP contribution is -2.29. The first-order valence-electron chi connectivity index (χ1n) is 7.01. The van der Waals surface area contributed by atoms with Crippen LogP contribution in [-0.4, -0.2) is 25.4 Å². The fourth-order valence-electron chi connectivity index (χ4n) is 2.52. The lowest BCUT2D eigenvalue weighted by Gasteiger charge is -2.21. The van der Waals surface area contributed by atoms with Crippen LogP contribution >= 0.6 is 0 Å². The zero-order valence-corrected chi connectivity index (χ0v) is 11.3. The first-order valence-corrected chi connectivity index (χ1v) is 7.01. The van der Waals surface area contributed by atoms with Crippen LogP contribution in [-0.2, 0) is 4.74 Å². The van der Waals surface area contributed by atoms with Crippen LogP contribution < -0.4 is 5.32 Å². The van der Waals surface area contributed by atoms with Gasteiger partial charge in [-0.2, -0.15) is 13.2 Å². The van der Waals surface area contributed by atoms with E-state index in [0.717, 1.165) is 25.9 Å². The number of hydrogen-bond acceptors (Lipinski definition) is 2. The summed E-state index contributed by atoms with van der Waals surface area (Å²) in [4.78, 5) is 0. The molecule has 2 rings (SSSR count). The van der Waals surface area contributed by atoms with Gasteiger partial charge < -0.3 is 10.1 Å². The van der Waals surface area contributed by atoms with Gasteiger partial charge in [0.2, 0.25) is 0 Å². The molecule has 1 fully saturated rings. The molecular weight excluding hydrogens is 267 g/mol. The van der Waals surface area contributed by atoms with Gasteiger partial charge >= 0.3 is 6.18 Å². The van der Waals surface area contributed by atoms with Crippen molar-refractivity contribution in [1.82, 2.24) is 5.32 Å².